The van der Waals surface area contributed by atoms with Crippen molar-refractivity contribution in [1.82, 2.24) is 4.90 Å². The van der Waals surface area contributed by atoms with Crippen LogP contribution in [0, 0.1) is 0 Å². The molecule has 0 bridgehead atoms. The Morgan fingerprint density at radius 3 is 2.84 bits per heavy atom. The van der Waals surface area contributed by atoms with Gasteiger partial charge in [-0.05, 0) is 12.8 Å². The first-order chi connectivity index (χ1) is 9.09. The van der Waals surface area contributed by atoms with E-state index in [-0.39, 0.29) is 18.9 Å². The zero-order chi connectivity index (χ0) is 14.1. The van der Waals surface area contributed by atoms with Gasteiger partial charge in [-0.1, -0.05) is 12.5 Å². The molecule has 0 aromatic carbocycles. The molecule has 1 saturated heterocycles. The van der Waals surface area contributed by atoms with Crippen LogP contribution in [0.5, 0.6) is 0 Å². The molecular formula is C13H19NO5. The first-order valence-electron chi connectivity index (χ1n) is 6.42. The lowest BCUT2D eigenvalue weighted by Crippen LogP contribution is -2.33. The second-order valence-corrected chi connectivity index (χ2v) is 4.36. The fourth-order valence-corrected chi connectivity index (χ4v) is 1.84. The molecule has 0 unspecified atom stereocenters. The summed E-state index contributed by atoms with van der Waals surface area (Å²) in [5, 5.41) is 8.38. The molecule has 1 aliphatic rings. The number of carboxylic acid groups (broad SMARTS) is 1. The number of amides is 1. The van der Waals surface area contributed by atoms with Crippen LogP contribution in [0.15, 0.2) is 12.2 Å². The highest BCUT2D eigenvalue weighted by molar-refractivity contribution is 5.83. The number of esters is 1. The molecule has 106 valence electrons. The van der Waals surface area contributed by atoms with E-state index in [0.717, 1.165) is 25.3 Å². The largest absolute Gasteiger partial charge is 0.481 e. The quantitative estimate of drug-likeness (QED) is 0.573. The highest BCUT2D eigenvalue weighted by Gasteiger charge is 2.16. The van der Waals surface area contributed by atoms with Crippen molar-refractivity contribution in [3.8, 4) is 0 Å². The van der Waals surface area contributed by atoms with Crippen molar-refractivity contribution in [3.05, 3.63) is 12.2 Å². The van der Waals surface area contributed by atoms with Crippen molar-refractivity contribution >= 4 is 17.8 Å². The molecule has 0 atom stereocenters. The van der Waals surface area contributed by atoms with Crippen LogP contribution >= 0.6 is 0 Å². The lowest BCUT2D eigenvalue weighted by atomic mass is 10.2. The van der Waals surface area contributed by atoms with Gasteiger partial charge in [-0.2, -0.15) is 0 Å². The van der Waals surface area contributed by atoms with Crippen molar-refractivity contribution in [2.75, 3.05) is 19.7 Å². The standard InChI is InChI=1S/C13H19NO5/c15-11-5-2-1-3-8-14(11)9-10-19-13(18)7-4-6-12(16)17/h4,7H,1-3,5-6,8-10H2,(H,16,17)/b7-4-. The van der Waals surface area contributed by atoms with Crippen LogP contribution < -0.4 is 0 Å². The Morgan fingerprint density at radius 2 is 2.11 bits per heavy atom. The molecule has 1 rings (SSSR count). The third-order valence-corrected chi connectivity index (χ3v) is 2.82. The molecule has 0 spiro atoms. The molecule has 0 saturated carbocycles. The monoisotopic (exact) mass is 269 g/mol. The molecule has 1 N–H and O–H groups in total. The van der Waals surface area contributed by atoms with Crippen LogP contribution in [0.2, 0.25) is 0 Å². The molecule has 1 heterocycles. The molecule has 0 radical (unpaired) electrons. The van der Waals surface area contributed by atoms with E-state index < -0.39 is 11.9 Å². The van der Waals surface area contributed by atoms with Crippen LogP contribution in [0.3, 0.4) is 0 Å². The van der Waals surface area contributed by atoms with E-state index in [9.17, 15) is 14.4 Å². The van der Waals surface area contributed by atoms with Gasteiger partial charge in [0, 0.05) is 19.0 Å². The number of carbonyl (C=O) groups excluding carboxylic acids is 2. The number of rotatable bonds is 6. The Hall–Kier alpha value is -1.85. The van der Waals surface area contributed by atoms with E-state index in [1.165, 1.54) is 6.08 Å². The molecule has 6 heteroatoms. The number of aliphatic carboxylic acids is 1. The summed E-state index contributed by atoms with van der Waals surface area (Å²) in [6, 6.07) is 0. The number of hydrogen-bond acceptors (Lipinski definition) is 4. The minimum absolute atomic E-state index is 0.106. The second-order valence-electron chi connectivity index (χ2n) is 4.36. The van der Waals surface area contributed by atoms with Crippen LogP contribution in [-0.2, 0) is 19.1 Å². The minimum atomic E-state index is -1.00. The number of likely N-dealkylation sites (tertiary alicyclic amines) is 1. The molecule has 1 amide bonds. The van der Waals surface area contributed by atoms with Crippen molar-refractivity contribution in [3.63, 3.8) is 0 Å². The molecule has 0 aromatic heterocycles. The predicted octanol–water partition coefficient (Wildman–Crippen LogP) is 0.963. The molecule has 0 aliphatic carbocycles. The average molecular weight is 269 g/mol. The molecule has 6 nitrogen and oxygen atoms in total. The van der Waals surface area contributed by atoms with Crippen LogP contribution in [0.1, 0.15) is 32.1 Å². The number of carboxylic acids is 1. The van der Waals surface area contributed by atoms with Gasteiger partial charge in [0.15, 0.2) is 0 Å². The van der Waals surface area contributed by atoms with Gasteiger partial charge in [-0.3, -0.25) is 9.59 Å². The maximum Gasteiger partial charge on any atom is 0.330 e. The first kappa shape index (κ1) is 15.2. The van der Waals surface area contributed by atoms with Gasteiger partial charge in [-0.15, -0.1) is 0 Å². The third kappa shape index (κ3) is 6.59. The summed E-state index contributed by atoms with van der Waals surface area (Å²) < 4.78 is 4.90. The smallest absolute Gasteiger partial charge is 0.330 e. The van der Waals surface area contributed by atoms with Crippen LogP contribution in [-0.4, -0.2) is 47.5 Å². The van der Waals surface area contributed by atoms with E-state index >= 15 is 0 Å². The summed E-state index contributed by atoms with van der Waals surface area (Å²) in [6.45, 7) is 1.25. The van der Waals surface area contributed by atoms with Crippen LogP contribution in [0.4, 0.5) is 0 Å². The lowest BCUT2D eigenvalue weighted by molar-refractivity contribution is -0.140. The Bertz CT molecular complexity index is 364. The second kappa shape index (κ2) is 8.29. The molecular weight excluding hydrogens is 250 g/mol. The highest BCUT2D eigenvalue weighted by atomic mass is 16.5. The maximum absolute atomic E-state index is 11.6. The van der Waals surface area contributed by atoms with Gasteiger partial charge in [-0.25, -0.2) is 4.79 Å². The zero-order valence-electron chi connectivity index (χ0n) is 10.8. The Kier molecular flexibility index (Phi) is 6.63. The molecule has 1 fully saturated rings. The molecule has 19 heavy (non-hydrogen) atoms. The third-order valence-electron chi connectivity index (χ3n) is 2.82. The Balaban J connectivity index is 2.21. The van der Waals surface area contributed by atoms with E-state index in [1.807, 2.05) is 0 Å². The van der Waals surface area contributed by atoms with E-state index in [2.05, 4.69) is 0 Å². The normalized spacial score (nSPS) is 16.4. The predicted molar refractivity (Wildman–Crippen MR) is 67.4 cm³/mol. The van der Waals surface area contributed by atoms with Gasteiger partial charge < -0.3 is 14.7 Å². The van der Waals surface area contributed by atoms with Gasteiger partial charge >= 0.3 is 11.9 Å². The SMILES string of the molecule is O=C(O)C/C=C\C(=O)OCCN1CCCCCC1=O. The van der Waals surface area contributed by atoms with Crippen molar-refractivity contribution in [1.29, 1.82) is 0 Å². The van der Waals surface area contributed by atoms with Gasteiger partial charge in [0.1, 0.15) is 6.61 Å². The minimum Gasteiger partial charge on any atom is -0.481 e. The van der Waals surface area contributed by atoms with E-state index in [4.69, 9.17) is 9.84 Å². The fourth-order valence-electron chi connectivity index (χ4n) is 1.84. The van der Waals surface area contributed by atoms with Crippen molar-refractivity contribution in [2.45, 2.75) is 32.1 Å². The maximum atomic E-state index is 11.6. The highest BCUT2D eigenvalue weighted by Crippen LogP contribution is 2.10. The van der Waals surface area contributed by atoms with Gasteiger partial charge in [0.05, 0.1) is 13.0 Å². The first-order valence-corrected chi connectivity index (χ1v) is 6.42. The summed E-state index contributed by atoms with van der Waals surface area (Å²) in [7, 11) is 0. The summed E-state index contributed by atoms with van der Waals surface area (Å²) >= 11 is 0. The Labute approximate surface area is 112 Å². The average Bonchev–Trinajstić information content (AvgIpc) is 2.54. The van der Waals surface area contributed by atoms with Gasteiger partial charge in [0.2, 0.25) is 5.91 Å². The number of carbonyl (C=O) groups is 3. The van der Waals surface area contributed by atoms with Crippen molar-refractivity contribution < 1.29 is 24.2 Å². The lowest BCUT2D eigenvalue weighted by Gasteiger charge is -2.19. The summed E-state index contributed by atoms with van der Waals surface area (Å²) in [5.74, 6) is -1.47. The zero-order valence-corrected chi connectivity index (χ0v) is 10.8. The summed E-state index contributed by atoms with van der Waals surface area (Å²) in [5.41, 5.74) is 0. The fraction of sp³-hybridized carbons (Fsp3) is 0.615. The summed E-state index contributed by atoms with van der Waals surface area (Å²) in [4.78, 5) is 34.8. The number of hydrogen-bond donors (Lipinski definition) is 1. The summed E-state index contributed by atoms with van der Waals surface area (Å²) in [6.07, 6.45) is 5.65. The van der Waals surface area contributed by atoms with E-state index in [0.29, 0.717) is 19.5 Å². The Morgan fingerprint density at radius 1 is 1.32 bits per heavy atom. The van der Waals surface area contributed by atoms with E-state index in [1.54, 1.807) is 4.90 Å². The van der Waals surface area contributed by atoms with Crippen LogP contribution in [0.25, 0.3) is 0 Å². The topological polar surface area (TPSA) is 83.9 Å². The number of nitrogens with zero attached hydrogens (tertiary/aromatic N) is 1. The number of ether oxygens (including phenoxy) is 1. The van der Waals surface area contributed by atoms with Crippen molar-refractivity contribution in [2.24, 2.45) is 0 Å². The van der Waals surface area contributed by atoms with Gasteiger partial charge in [0.25, 0.3) is 0 Å². The molecule has 0 aromatic rings. The molecule has 1 aliphatic heterocycles.